The Bertz CT molecular complexity index is 223. The van der Waals surface area contributed by atoms with Crippen molar-refractivity contribution in [3.8, 4) is 0 Å². The molecule has 0 amide bonds. The number of ether oxygens (including phenoxy) is 1. The molecule has 0 radical (unpaired) electrons. The lowest BCUT2D eigenvalue weighted by Crippen LogP contribution is -2.50. The molecule has 1 rings (SSSR count). The summed E-state index contributed by atoms with van der Waals surface area (Å²) in [5, 5.41) is 20.3. The van der Waals surface area contributed by atoms with Crippen LogP contribution in [-0.4, -0.2) is 59.5 Å². The fourth-order valence-corrected chi connectivity index (χ4v) is 1.61. The van der Waals surface area contributed by atoms with E-state index >= 15 is 0 Å². The highest BCUT2D eigenvalue weighted by molar-refractivity contribution is 5.79. The minimum Gasteiger partial charge on any atom is -0.409 e. The van der Waals surface area contributed by atoms with Crippen molar-refractivity contribution in [2.75, 3.05) is 26.3 Å². The molecule has 15 heavy (non-hydrogen) atoms. The summed E-state index contributed by atoms with van der Waals surface area (Å²) in [7, 11) is 0. The lowest BCUT2D eigenvalue weighted by Gasteiger charge is -2.37. The van der Waals surface area contributed by atoms with E-state index in [1.165, 1.54) is 0 Å². The number of aliphatic hydroxyl groups is 1. The second kappa shape index (κ2) is 5.89. The lowest BCUT2D eigenvalue weighted by molar-refractivity contribution is -0.0768. The van der Waals surface area contributed by atoms with Gasteiger partial charge in [0.25, 0.3) is 0 Å². The van der Waals surface area contributed by atoms with Gasteiger partial charge in [-0.3, -0.25) is 4.90 Å². The number of rotatable bonds is 4. The summed E-state index contributed by atoms with van der Waals surface area (Å²) >= 11 is 0. The molecule has 1 heterocycles. The third-order valence-electron chi connectivity index (χ3n) is 2.62. The summed E-state index contributed by atoms with van der Waals surface area (Å²) in [6.45, 7) is 4.11. The van der Waals surface area contributed by atoms with Crippen LogP contribution in [0.5, 0.6) is 0 Å². The highest BCUT2D eigenvalue weighted by atomic mass is 16.5. The van der Waals surface area contributed by atoms with E-state index in [9.17, 15) is 0 Å². The number of nitrogens with zero attached hydrogens (tertiary/aromatic N) is 2. The number of hydrogen-bond donors (Lipinski definition) is 3. The Balaban J connectivity index is 2.37. The maximum absolute atomic E-state index is 8.98. The first-order chi connectivity index (χ1) is 7.17. The maximum Gasteiger partial charge on any atom is 0.140 e. The van der Waals surface area contributed by atoms with Crippen molar-refractivity contribution >= 4 is 5.84 Å². The van der Waals surface area contributed by atoms with Crippen molar-refractivity contribution in [2.24, 2.45) is 10.9 Å². The monoisotopic (exact) mass is 217 g/mol. The van der Waals surface area contributed by atoms with Gasteiger partial charge in [0.15, 0.2) is 0 Å². The number of aliphatic hydroxyl groups excluding tert-OH is 1. The summed E-state index contributed by atoms with van der Waals surface area (Å²) < 4.78 is 5.40. The number of morpholine rings is 1. The first-order valence-corrected chi connectivity index (χ1v) is 5.10. The molecule has 6 nitrogen and oxygen atoms in total. The fraction of sp³-hybridized carbons (Fsp3) is 0.889. The predicted octanol–water partition coefficient (Wildman–Crippen LogP) is -0.795. The normalized spacial score (nSPS) is 29.3. The maximum atomic E-state index is 8.98. The Morgan fingerprint density at radius 3 is 3.00 bits per heavy atom. The van der Waals surface area contributed by atoms with E-state index in [4.69, 9.17) is 20.8 Å². The minimum absolute atomic E-state index is 0.0345. The molecule has 0 aromatic rings. The van der Waals surface area contributed by atoms with Crippen molar-refractivity contribution in [1.82, 2.24) is 4.90 Å². The molecule has 1 saturated heterocycles. The molecular weight excluding hydrogens is 198 g/mol. The van der Waals surface area contributed by atoms with Gasteiger partial charge in [-0.15, -0.1) is 0 Å². The smallest absolute Gasteiger partial charge is 0.140 e. The highest BCUT2D eigenvalue weighted by Gasteiger charge is 2.25. The third kappa shape index (κ3) is 3.65. The number of nitrogens with two attached hydrogens (primary N) is 1. The van der Waals surface area contributed by atoms with E-state index in [-0.39, 0.29) is 18.5 Å². The SMILES string of the molecule is CC1COC(CO)CN1CCC(N)=NO. The van der Waals surface area contributed by atoms with Crippen LogP contribution in [0.15, 0.2) is 5.16 Å². The second-order valence-electron chi connectivity index (χ2n) is 3.82. The first-order valence-electron chi connectivity index (χ1n) is 5.10. The molecule has 0 aromatic carbocycles. The van der Waals surface area contributed by atoms with E-state index in [1.54, 1.807) is 0 Å². The Morgan fingerprint density at radius 2 is 2.40 bits per heavy atom. The van der Waals surface area contributed by atoms with E-state index in [2.05, 4.69) is 17.0 Å². The van der Waals surface area contributed by atoms with Crippen LogP contribution in [0.1, 0.15) is 13.3 Å². The van der Waals surface area contributed by atoms with Gasteiger partial charge in [0.05, 0.1) is 19.3 Å². The molecular formula is C9H19N3O3. The van der Waals surface area contributed by atoms with Crippen LogP contribution >= 0.6 is 0 Å². The van der Waals surface area contributed by atoms with Gasteiger partial charge in [0.2, 0.25) is 0 Å². The average Bonchev–Trinajstić information content (AvgIpc) is 2.27. The van der Waals surface area contributed by atoms with Crippen molar-refractivity contribution in [3.63, 3.8) is 0 Å². The summed E-state index contributed by atoms with van der Waals surface area (Å²) in [5.41, 5.74) is 5.40. The quantitative estimate of drug-likeness (QED) is 0.248. The third-order valence-corrected chi connectivity index (χ3v) is 2.62. The van der Waals surface area contributed by atoms with Crippen molar-refractivity contribution in [1.29, 1.82) is 0 Å². The van der Waals surface area contributed by atoms with Crippen LogP contribution in [0, 0.1) is 0 Å². The van der Waals surface area contributed by atoms with E-state index in [0.717, 1.165) is 6.54 Å². The minimum atomic E-state index is -0.117. The molecule has 0 saturated carbocycles. The van der Waals surface area contributed by atoms with Crippen molar-refractivity contribution in [2.45, 2.75) is 25.5 Å². The number of hydrogen-bond acceptors (Lipinski definition) is 5. The topological polar surface area (TPSA) is 91.3 Å². The van der Waals surface area contributed by atoms with Gasteiger partial charge in [0, 0.05) is 25.6 Å². The van der Waals surface area contributed by atoms with Gasteiger partial charge >= 0.3 is 0 Å². The predicted molar refractivity (Wildman–Crippen MR) is 55.9 cm³/mol. The summed E-state index contributed by atoms with van der Waals surface area (Å²) in [5.74, 6) is 0.231. The van der Waals surface area contributed by atoms with Crippen LogP contribution in [0.25, 0.3) is 0 Å². The van der Waals surface area contributed by atoms with E-state index in [0.29, 0.717) is 25.6 Å². The Kier molecular flexibility index (Phi) is 4.80. The molecule has 0 spiro atoms. The zero-order valence-corrected chi connectivity index (χ0v) is 8.96. The molecule has 0 aliphatic carbocycles. The number of amidine groups is 1. The van der Waals surface area contributed by atoms with E-state index in [1.807, 2.05) is 0 Å². The van der Waals surface area contributed by atoms with Crippen LogP contribution in [-0.2, 0) is 4.74 Å². The molecule has 88 valence electrons. The summed E-state index contributed by atoms with van der Waals surface area (Å²) in [4.78, 5) is 2.17. The van der Waals surface area contributed by atoms with Crippen LogP contribution < -0.4 is 5.73 Å². The molecule has 1 fully saturated rings. The Morgan fingerprint density at radius 1 is 1.67 bits per heavy atom. The second-order valence-corrected chi connectivity index (χ2v) is 3.82. The average molecular weight is 217 g/mol. The molecule has 2 unspecified atom stereocenters. The van der Waals surface area contributed by atoms with Crippen molar-refractivity contribution in [3.05, 3.63) is 0 Å². The van der Waals surface area contributed by atoms with E-state index < -0.39 is 0 Å². The Labute approximate surface area is 89.3 Å². The number of oxime groups is 1. The first kappa shape index (κ1) is 12.2. The van der Waals surface area contributed by atoms with Gasteiger partial charge in [-0.25, -0.2) is 0 Å². The van der Waals surface area contributed by atoms with Crippen molar-refractivity contribution < 1.29 is 15.1 Å². The molecule has 6 heteroatoms. The van der Waals surface area contributed by atoms with Crippen LogP contribution in [0.2, 0.25) is 0 Å². The van der Waals surface area contributed by atoms with Gasteiger partial charge in [-0.2, -0.15) is 0 Å². The Hall–Kier alpha value is -0.850. The standard InChI is InChI=1S/C9H19N3O3/c1-7-6-15-8(5-13)4-12(7)3-2-9(10)11-14/h7-8,13-14H,2-6H2,1H3,(H2,10,11). The molecule has 2 atom stereocenters. The summed E-state index contributed by atoms with van der Waals surface area (Å²) in [6.07, 6.45) is 0.410. The molecule has 1 aliphatic heterocycles. The van der Waals surface area contributed by atoms with Crippen LogP contribution in [0.3, 0.4) is 0 Å². The highest BCUT2D eigenvalue weighted by Crippen LogP contribution is 2.11. The largest absolute Gasteiger partial charge is 0.409 e. The zero-order valence-electron chi connectivity index (χ0n) is 8.96. The summed E-state index contributed by atoms with van der Waals surface area (Å²) in [6, 6.07) is 0.305. The zero-order chi connectivity index (χ0) is 11.3. The molecule has 0 bridgehead atoms. The lowest BCUT2D eigenvalue weighted by atomic mass is 10.2. The van der Waals surface area contributed by atoms with Gasteiger partial charge in [-0.1, -0.05) is 5.16 Å². The molecule has 4 N–H and O–H groups in total. The van der Waals surface area contributed by atoms with Gasteiger partial charge in [-0.05, 0) is 6.92 Å². The molecule has 1 aliphatic rings. The molecule has 0 aromatic heterocycles. The van der Waals surface area contributed by atoms with Gasteiger partial charge < -0.3 is 20.8 Å². The fourth-order valence-electron chi connectivity index (χ4n) is 1.61. The van der Waals surface area contributed by atoms with Gasteiger partial charge in [0.1, 0.15) is 5.84 Å². The van der Waals surface area contributed by atoms with Crippen LogP contribution in [0.4, 0.5) is 0 Å².